The van der Waals surface area contributed by atoms with Crippen molar-refractivity contribution in [3.05, 3.63) is 95.6 Å². The maximum absolute atomic E-state index is 12.6. The van der Waals surface area contributed by atoms with E-state index < -0.39 is 6.16 Å². The van der Waals surface area contributed by atoms with E-state index >= 15 is 0 Å². The average Bonchev–Trinajstić information content (AvgIpc) is 2.95. The first kappa shape index (κ1) is 26.7. The highest BCUT2D eigenvalue weighted by molar-refractivity contribution is 7.99. The number of carbonyl (C=O) groups excluding carboxylic acids is 2. The molecule has 0 heterocycles. The summed E-state index contributed by atoms with van der Waals surface area (Å²) in [6.07, 6.45) is 7.46. The SMILES string of the molecule is CCOC(=O)O/N=C(\CCC1CCCCC1)c1ccc(Sc2ccc(C(=O)c3ccccc3)cc2)cc1. The fraction of sp³-hybridized carbons (Fsp3) is 0.323. The topological polar surface area (TPSA) is 65.0 Å². The highest BCUT2D eigenvalue weighted by Gasteiger charge is 2.16. The molecule has 3 aromatic carbocycles. The number of oxime groups is 1. The number of ketones is 1. The van der Waals surface area contributed by atoms with Crippen LogP contribution in [-0.2, 0) is 9.57 Å². The van der Waals surface area contributed by atoms with Crippen molar-refractivity contribution in [3.8, 4) is 0 Å². The Labute approximate surface area is 223 Å². The lowest BCUT2D eigenvalue weighted by Gasteiger charge is -2.21. The molecule has 5 nitrogen and oxygen atoms in total. The second-order valence-electron chi connectivity index (χ2n) is 9.20. The lowest BCUT2D eigenvalue weighted by atomic mass is 9.85. The molecule has 0 N–H and O–H groups in total. The van der Waals surface area contributed by atoms with E-state index in [4.69, 9.17) is 9.57 Å². The lowest BCUT2D eigenvalue weighted by Crippen LogP contribution is -2.11. The van der Waals surface area contributed by atoms with Crippen LogP contribution in [-0.4, -0.2) is 24.3 Å². The highest BCUT2D eigenvalue weighted by atomic mass is 32.2. The zero-order valence-corrected chi connectivity index (χ0v) is 22.0. The molecule has 1 aliphatic rings. The molecule has 0 amide bonds. The molecule has 3 aromatic rings. The van der Waals surface area contributed by atoms with Gasteiger partial charge in [0.2, 0.25) is 0 Å². The van der Waals surface area contributed by atoms with Gasteiger partial charge < -0.3 is 4.74 Å². The Balaban J connectivity index is 1.41. The van der Waals surface area contributed by atoms with Gasteiger partial charge in [-0.25, -0.2) is 4.79 Å². The van der Waals surface area contributed by atoms with E-state index in [0.29, 0.717) is 17.0 Å². The molecule has 1 fully saturated rings. The van der Waals surface area contributed by atoms with Crippen LogP contribution < -0.4 is 0 Å². The Kier molecular flexibility index (Phi) is 9.95. The normalized spacial score (nSPS) is 14.2. The minimum absolute atomic E-state index is 0.0200. The lowest BCUT2D eigenvalue weighted by molar-refractivity contribution is 0.0611. The maximum atomic E-state index is 12.6. The van der Waals surface area contributed by atoms with E-state index in [1.807, 2.05) is 78.9 Å². The van der Waals surface area contributed by atoms with E-state index in [9.17, 15) is 9.59 Å². The summed E-state index contributed by atoms with van der Waals surface area (Å²) in [6, 6.07) is 25.1. The van der Waals surface area contributed by atoms with Crippen molar-refractivity contribution in [3.63, 3.8) is 0 Å². The second kappa shape index (κ2) is 13.8. The summed E-state index contributed by atoms with van der Waals surface area (Å²) in [4.78, 5) is 31.5. The molecule has 4 rings (SSSR count). The van der Waals surface area contributed by atoms with Crippen LogP contribution in [0.3, 0.4) is 0 Å². The number of benzene rings is 3. The predicted molar refractivity (Wildman–Crippen MR) is 147 cm³/mol. The molecule has 1 aliphatic carbocycles. The van der Waals surface area contributed by atoms with E-state index in [0.717, 1.165) is 33.9 Å². The zero-order chi connectivity index (χ0) is 25.9. The van der Waals surface area contributed by atoms with Gasteiger partial charge in [-0.1, -0.05) is 91.5 Å². The molecular formula is C31H33NO4S. The molecule has 0 spiro atoms. The molecule has 0 radical (unpaired) electrons. The molecule has 6 heteroatoms. The van der Waals surface area contributed by atoms with Crippen LogP contribution in [0.1, 0.15) is 73.4 Å². The third-order valence-electron chi connectivity index (χ3n) is 6.58. The molecule has 0 bridgehead atoms. The van der Waals surface area contributed by atoms with E-state index in [1.54, 1.807) is 18.7 Å². The summed E-state index contributed by atoms with van der Waals surface area (Å²) in [5, 5.41) is 4.17. The fourth-order valence-corrected chi connectivity index (χ4v) is 5.39. The zero-order valence-electron chi connectivity index (χ0n) is 21.2. The van der Waals surface area contributed by atoms with Crippen LogP contribution in [0, 0.1) is 5.92 Å². The van der Waals surface area contributed by atoms with E-state index in [-0.39, 0.29) is 12.4 Å². The van der Waals surface area contributed by atoms with Crippen molar-refractivity contribution in [2.45, 2.75) is 61.7 Å². The van der Waals surface area contributed by atoms with Gasteiger partial charge in [-0.2, -0.15) is 0 Å². The Hall–Kier alpha value is -3.38. The van der Waals surface area contributed by atoms with Crippen molar-refractivity contribution in [1.82, 2.24) is 0 Å². The third-order valence-corrected chi connectivity index (χ3v) is 7.60. The molecule has 1 saturated carbocycles. The fourth-order valence-electron chi connectivity index (χ4n) is 4.58. The highest BCUT2D eigenvalue weighted by Crippen LogP contribution is 2.30. The minimum Gasteiger partial charge on any atom is -0.433 e. The van der Waals surface area contributed by atoms with Crippen molar-refractivity contribution < 1.29 is 19.2 Å². The molecule has 0 atom stereocenters. The number of rotatable bonds is 10. The second-order valence-corrected chi connectivity index (χ2v) is 10.3. The number of carbonyl (C=O) groups is 2. The van der Waals surface area contributed by atoms with Gasteiger partial charge in [0, 0.05) is 20.9 Å². The van der Waals surface area contributed by atoms with Crippen LogP contribution in [0.4, 0.5) is 4.79 Å². The van der Waals surface area contributed by atoms with Crippen LogP contribution in [0.2, 0.25) is 0 Å². The summed E-state index contributed by atoms with van der Waals surface area (Å²) < 4.78 is 4.86. The van der Waals surface area contributed by atoms with Gasteiger partial charge >= 0.3 is 6.16 Å². The monoisotopic (exact) mass is 515 g/mol. The number of nitrogens with zero attached hydrogens (tertiary/aromatic N) is 1. The van der Waals surface area contributed by atoms with Gasteiger partial charge in [0.1, 0.15) is 0 Å². The average molecular weight is 516 g/mol. The predicted octanol–water partition coefficient (Wildman–Crippen LogP) is 8.31. The molecule has 0 aliphatic heterocycles. The van der Waals surface area contributed by atoms with Crippen LogP contribution in [0.15, 0.2) is 93.8 Å². The van der Waals surface area contributed by atoms with Gasteiger partial charge in [0.15, 0.2) is 5.78 Å². The van der Waals surface area contributed by atoms with Gasteiger partial charge in [0.25, 0.3) is 0 Å². The van der Waals surface area contributed by atoms with Crippen molar-refractivity contribution in [2.24, 2.45) is 11.1 Å². The minimum atomic E-state index is -0.779. The standard InChI is InChI=1S/C31H33NO4S/c1-2-35-31(34)36-32-29(22-13-23-9-5-3-6-10-23)24-14-18-27(19-15-24)37-28-20-16-26(17-21-28)30(33)25-11-7-4-8-12-25/h4,7-8,11-12,14-21,23H,2-3,5-6,9-10,13,22H2,1H3/b32-29+. The summed E-state index contributed by atoms with van der Waals surface area (Å²) in [6.45, 7) is 1.99. The van der Waals surface area contributed by atoms with Gasteiger partial charge in [0.05, 0.1) is 12.3 Å². The number of hydrogen-bond donors (Lipinski definition) is 0. The van der Waals surface area contributed by atoms with Crippen molar-refractivity contribution >= 4 is 29.4 Å². The van der Waals surface area contributed by atoms with Crippen LogP contribution in [0.25, 0.3) is 0 Å². The maximum Gasteiger partial charge on any atom is 0.535 e. The summed E-state index contributed by atoms with van der Waals surface area (Å²) >= 11 is 1.63. The smallest absolute Gasteiger partial charge is 0.433 e. The Bertz CT molecular complexity index is 1180. The number of ether oxygens (including phenoxy) is 1. The van der Waals surface area contributed by atoms with E-state index in [1.165, 1.54) is 32.1 Å². The van der Waals surface area contributed by atoms with Gasteiger partial charge in [-0.3, -0.25) is 9.63 Å². The Morgan fingerprint density at radius 1 is 0.811 bits per heavy atom. The third kappa shape index (κ3) is 8.05. The molecule has 0 aromatic heterocycles. The first-order chi connectivity index (χ1) is 18.1. The summed E-state index contributed by atoms with van der Waals surface area (Å²) in [5.41, 5.74) is 3.06. The quantitative estimate of drug-likeness (QED) is 0.0893. The molecule has 37 heavy (non-hydrogen) atoms. The van der Waals surface area contributed by atoms with Gasteiger partial charge in [-0.15, -0.1) is 0 Å². The van der Waals surface area contributed by atoms with Gasteiger partial charge in [-0.05, 0) is 67.6 Å². The van der Waals surface area contributed by atoms with Crippen molar-refractivity contribution in [2.75, 3.05) is 6.61 Å². The summed E-state index contributed by atoms with van der Waals surface area (Å²) in [5.74, 6) is 0.722. The Morgan fingerprint density at radius 3 is 2.03 bits per heavy atom. The molecular weight excluding hydrogens is 482 g/mol. The summed E-state index contributed by atoms with van der Waals surface area (Å²) in [7, 11) is 0. The first-order valence-electron chi connectivity index (χ1n) is 13.0. The molecule has 0 unspecified atom stereocenters. The largest absolute Gasteiger partial charge is 0.535 e. The van der Waals surface area contributed by atoms with E-state index in [2.05, 4.69) is 5.16 Å². The molecule has 0 saturated heterocycles. The van der Waals surface area contributed by atoms with Crippen molar-refractivity contribution in [1.29, 1.82) is 0 Å². The first-order valence-corrected chi connectivity index (χ1v) is 13.8. The molecule has 192 valence electrons. The van der Waals surface area contributed by atoms with Crippen LogP contribution >= 0.6 is 11.8 Å². The van der Waals surface area contributed by atoms with Crippen LogP contribution in [0.5, 0.6) is 0 Å². The Morgan fingerprint density at radius 2 is 1.41 bits per heavy atom. The number of hydrogen-bond acceptors (Lipinski definition) is 6.